The fourth-order valence-electron chi connectivity index (χ4n) is 3.71. The van der Waals surface area contributed by atoms with Crippen LogP contribution in [0.4, 0.5) is 5.69 Å². The molecule has 0 saturated carbocycles. The molecule has 2 amide bonds. The normalized spacial score (nSPS) is 16.0. The summed E-state index contributed by atoms with van der Waals surface area (Å²) >= 11 is 1.70. The number of anilines is 1. The molecule has 30 heavy (non-hydrogen) atoms. The largest absolute Gasteiger partial charge is 0.377 e. The number of rotatable bonds is 10. The molecule has 2 aromatic rings. The molecule has 2 heterocycles. The average Bonchev–Trinajstić information content (AvgIpc) is 3.43. The van der Waals surface area contributed by atoms with E-state index in [0.717, 1.165) is 32.5 Å². The zero-order valence-electron chi connectivity index (χ0n) is 17.8. The van der Waals surface area contributed by atoms with Gasteiger partial charge in [-0.3, -0.25) is 14.5 Å². The fraction of sp³-hybridized carbons (Fsp3) is 0.478. The lowest BCUT2D eigenvalue weighted by Crippen LogP contribution is -2.37. The molecule has 0 spiro atoms. The summed E-state index contributed by atoms with van der Waals surface area (Å²) in [4.78, 5) is 30.5. The van der Waals surface area contributed by atoms with E-state index in [1.165, 1.54) is 4.88 Å². The molecule has 7 heteroatoms. The van der Waals surface area contributed by atoms with Crippen LogP contribution < -0.4 is 5.32 Å². The van der Waals surface area contributed by atoms with E-state index in [0.29, 0.717) is 24.3 Å². The van der Waals surface area contributed by atoms with Crippen LogP contribution in [-0.2, 0) is 16.1 Å². The Balaban J connectivity index is 1.62. The van der Waals surface area contributed by atoms with Crippen LogP contribution in [0.5, 0.6) is 0 Å². The van der Waals surface area contributed by atoms with Gasteiger partial charge in [0.2, 0.25) is 5.91 Å². The Hall–Kier alpha value is -2.22. The Morgan fingerprint density at radius 1 is 1.20 bits per heavy atom. The third-order valence-electron chi connectivity index (χ3n) is 5.26. The Kier molecular flexibility index (Phi) is 8.42. The van der Waals surface area contributed by atoms with Crippen LogP contribution in [0.3, 0.4) is 0 Å². The van der Waals surface area contributed by atoms with Crippen molar-refractivity contribution in [3.8, 4) is 0 Å². The van der Waals surface area contributed by atoms with Crippen molar-refractivity contribution in [2.75, 3.05) is 38.1 Å². The van der Waals surface area contributed by atoms with Gasteiger partial charge in [-0.1, -0.05) is 12.1 Å². The first kappa shape index (κ1) is 22.5. The lowest BCUT2D eigenvalue weighted by atomic mass is 10.1. The van der Waals surface area contributed by atoms with Gasteiger partial charge in [-0.15, -0.1) is 11.3 Å². The maximum atomic E-state index is 12.8. The molecule has 1 fully saturated rings. The second-order valence-corrected chi connectivity index (χ2v) is 8.52. The highest BCUT2D eigenvalue weighted by atomic mass is 32.1. The quantitative estimate of drug-likeness (QED) is 0.623. The van der Waals surface area contributed by atoms with Crippen molar-refractivity contribution >= 4 is 28.8 Å². The van der Waals surface area contributed by atoms with Gasteiger partial charge in [0.15, 0.2) is 0 Å². The summed E-state index contributed by atoms with van der Waals surface area (Å²) in [6.07, 6.45) is 2.31. The van der Waals surface area contributed by atoms with Gasteiger partial charge in [-0.2, -0.15) is 0 Å². The summed E-state index contributed by atoms with van der Waals surface area (Å²) in [6, 6.07) is 11.3. The monoisotopic (exact) mass is 429 g/mol. The van der Waals surface area contributed by atoms with Gasteiger partial charge in [0, 0.05) is 48.9 Å². The second kappa shape index (κ2) is 11.2. The number of carbonyl (C=O) groups excluding carboxylic acids is 2. The van der Waals surface area contributed by atoms with E-state index in [1.807, 2.05) is 32.0 Å². The van der Waals surface area contributed by atoms with Crippen LogP contribution in [0.2, 0.25) is 0 Å². The predicted molar refractivity (Wildman–Crippen MR) is 121 cm³/mol. The molecule has 1 aromatic heterocycles. The number of hydrogen-bond donors (Lipinski definition) is 1. The van der Waals surface area contributed by atoms with Crippen molar-refractivity contribution < 1.29 is 14.3 Å². The van der Waals surface area contributed by atoms with Crippen LogP contribution in [0, 0.1) is 0 Å². The summed E-state index contributed by atoms with van der Waals surface area (Å²) in [5.74, 6) is -0.106. The lowest BCUT2D eigenvalue weighted by molar-refractivity contribution is -0.117. The summed E-state index contributed by atoms with van der Waals surface area (Å²) in [6.45, 7) is 7.80. The summed E-state index contributed by atoms with van der Waals surface area (Å²) in [5.41, 5.74) is 1.23. The first-order chi connectivity index (χ1) is 14.6. The second-order valence-electron chi connectivity index (χ2n) is 7.49. The number of thiophene rings is 1. The maximum absolute atomic E-state index is 12.8. The minimum Gasteiger partial charge on any atom is -0.377 e. The average molecular weight is 430 g/mol. The number of nitrogens with zero attached hydrogens (tertiary/aromatic N) is 2. The molecule has 1 saturated heterocycles. The van der Waals surface area contributed by atoms with Crippen LogP contribution in [-0.4, -0.2) is 60.5 Å². The molecular formula is C23H31N3O3S. The molecule has 1 aliphatic heterocycles. The third-order valence-corrected chi connectivity index (χ3v) is 6.12. The molecule has 0 bridgehead atoms. The van der Waals surface area contributed by atoms with Crippen LogP contribution in [0.15, 0.2) is 41.8 Å². The van der Waals surface area contributed by atoms with Crippen molar-refractivity contribution in [3.05, 3.63) is 52.2 Å². The predicted octanol–water partition coefficient (Wildman–Crippen LogP) is 3.85. The number of nitrogens with one attached hydrogen (secondary N) is 1. The van der Waals surface area contributed by atoms with E-state index in [-0.39, 0.29) is 24.5 Å². The Labute approximate surface area is 182 Å². The molecule has 0 aliphatic carbocycles. The van der Waals surface area contributed by atoms with Gasteiger partial charge in [-0.25, -0.2) is 0 Å². The van der Waals surface area contributed by atoms with E-state index in [1.54, 1.807) is 28.4 Å². The molecule has 3 rings (SSSR count). The van der Waals surface area contributed by atoms with Gasteiger partial charge in [0.1, 0.15) is 0 Å². The minimum atomic E-state index is -0.0861. The Morgan fingerprint density at radius 3 is 2.70 bits per heavy atom. The third kappa shape index (κ3) is 6.39. The van der Waals surface area contributed by atoms with Gasteiger partial charge in [-0.05, 0) is 56.3 Å². The summed E-state index contributed by atoms with van der Waals surface area (Å²) < 4.78 is 5.78. The highest BCUT2D eigenvalue weighted by Crippen LogP contribution is 2.18. The molecule has 1 atom stereocenters. The molecule has 0 radical (unpaired) electrons. The van der Waals surface area contributed by atoms with Crippen molar-refractivity contribution in [3.63, 3.8) is 0 Å². The molecule has 1 aromatic carbocycles. The minimum absolute atomic E-state index is 0.0196. The van der Waals surface area contributed by atoms with Crippen LogP contribution in [0.1, 0.15) is 41.9 Å². The number of carbonyl (C=O) groups is 2. The highest BCUT2D eigenvalue weighted by molar-refractivity contribution is 7.09. The Morgan fingerprint density at radius 2 is 2.03 bits per heavy atom. The molecule has 1 aliphatic rings. The van der Waals surface area contributed by atoms with Gasteiger partial charge in [0.05, 0.1) is 12.6 Å². The molecule has 6 nitrogen and oxygen atoms in total. The Bertz CT molecular complexity index is 815. The first-order valence-corrected chi connectivity index (χ1v) is 11.5. The topological polar surface area (TPSA) is 61.9 Å². The van der Waals surface area contributed by atoms with Crippen LogP contribution >= 0.6 is 11.3 Å². The van der Waals surface area contributed by atoms with Gasteiger partial charge < -0.3 is 15.0 Å². The molecule has 1 unspecified atom stereocenters. The van der Waals surface area contributed by atoms with Crippen LogP contribution in [0.25, 0.3) is 0 Å². The zero-order valence-corrected chi connectivity index (χ0v) is 18.6. The first-order valence-electron chi connectivity index (χ1n) is 10.6. The molecule has 162 valence electrons. The smallest absolute Gasteiger partial charge is 0.253 e. The van der Waals surface area contributed by atoms with E-state index in [2.05, 4.69) is 21.7 Å². The highest BCUT2D eigenvalue weighted by Gasteiger charge is 2.21. The number of hydrogen-bond acceptors (Lipinski definition) is 5. The SMILES string of the molecule is CCN(CC)C(=O)c1cccc(NC(=O)CN(Cc2cccs2)CC2CCCO2)c1. The zero-order chi connectivity index (χ0) is 21.3. The van der Waals surface area contributed by atoms with Crippen molar-refractivity contribution in [2.24, 2.45) is 0 Å². The molecular weight excluding hydrogens is 398 g/mol. The van der Waals surface area contributed by atoms with E-state index < -0.39 is 0 Å². The van der Waals surface area contributed by atoms with Crippen molar-refractivity contribution in [2.45, 2.75) is 39.3 Å². The fourth-order valence-corrected chi connectivity index (χ4v) is 4.46. The van der Waals surface area contributed by atoms with Crippen molar-refractivity contribution in [1.29, 1.82) is 0 Å². The maximum Gasteiger partial charge on any atom is 0.253 e. The number of ether oxygens (including phenoxy) is 1. The number of amides is 2. The van der Waals surface area contributed by atoms with Gasteiger partial charge in [0.25, 0.3) is 5.91 Å². The van der Waals surface area contributed by atoms with Gasteiger partial charge >= 0.3 is 0 Å². The molecule has 1 N–H and O–H groups in total. The van der Waals surface area contributed by atoms with E-state index in [9.17, 15) is 9.59 Å². The van der Waals surface area contributed by atoms with E-state index in [4.69, 9.17) is 4.74 Å². The lowest BCUT2D eigenvalue weighted by Gasteiger charge is -2.24. The summed E-state index contributed by atoms with van der Waals surface area (Å²) in [7, 11) is 0. The van der Waals surface area contributed by atoms with Crippen molar-refractivity contribution in [1.82, 2.24) is 9.80 Å². The van der Waals surface area contributed by atoms with E-state index >= 15 is 0 Å². The number of benzene rings is 1. The standard InChI is InChI=1S/C23H31N3O3S/c1-3-26(4-2)23(28)18-8-5-9-19(14-18)24-22(27)17-25(15-20-10-6-12-29-20)16-21-11-7-13-30-21/h5,7-9,11,13-14,20H,3-4,6,10,12,15-17H2,1-2H3,(H,24,27). The summed E-state index contributed by atoms with van der Waals surface area (Å²) in [5, 5.41) is 5.01.